The van der Waals surface area contributed by atoms with Crippen molar-refractivity contribution in [2.45, 2.75) is 23.5 Å². The molecule has 0 radical (unpaired) electrons. The highest BCUT2D eigenvalue weighted by Crippen LogP contribution is 2.30. The molecule has 0 saturated heterocycles. The summed E-state index contributed by atoms with van der Waals surface area (Å²) < 4.78 is 5.34. The highest BCUT2D eigenvalue weighted by atomic mass is 35.5. The molecule has 0 aliphatic carbocycles. The number of hydrogen-bond acceptors (Lipinski definition) is 5. The van der Waals surface area contributed by atoms with Gasteiger partial charge in [0.05, 0.1) is 18.0 Å². The van der Waals surface area contributed by atoms with Gasteiger partial charge in [0.2, 0.25) is 5.91 Å². The van der Waals surface area contributed by atoms with E-state index >= 15 is 0 Å². The van der Waals surface area contributed by atoms with Crippen molar-refractivity contribution in [3.05, 3.63) is 125 Å². The lowest BCUT2D eigenvalue weighted by atomic mass is 10.1. The van der Waals surface area contributed by atoms with Crippen LogP contribution in [-0.4, -0.2) is 30.1 Å². The van der Waals surface area contributed by atoms with Gasteiger partial charge in [0.25, 0.3) is 11.8 Å². The molecule has 0 aromatic heterocycles. The van der Waals surface area contributed by atoms with E-state index < -0.39 is 11.8 Å². The van der Waals surface area contributed by atoms with Crippen LogP contribution in [-0.2, 0) is 9.59 Å². The van der Waals surface area contributed by atoms with E-state index in [0.29, 0.717) is 39.7 Å². The molecule has 0 bridgehead atoms. The second-order valence-corrected chi connectivity index (χ2v) is 10.8. The number of nitrogens with one attached hydrogen (secondary N) is 3. The number of halogens is 1. The predicted octanol–water partition coefficient (Wildman–Crippen LogP) is 7.27. The Labute approximate surface area is 254 Å². The number of benzene rings is 4. The van der Waals surface area contributed by atoms with Crippen LogP contribution in [0.4, 0.5) is 11.4 Å². The molecule has 0 heterocycles. The Bertz CT molecular complexity index is 1590. The summed E-state index contributed by atoms with van der Waals surface area (Å²) in [5.74, 6) is -0.509. The lowest BCUT2D eigenvalue weighted by Gasteiger charge is -2.17. The fraction of sp³-hybridized carbons (Fsp3) is 0.121. The van der Waals surface area contributed by atoms with Crippen molar-refractivity contribution >= 4 is 58.5 Å². The third-order valence-corrected chi connectivity index (χ3v) is 7.68. The van der Waals surface area contributed by atoms with E-state index in [-0.39, 0.29) is 16.9 Å². The number of hydrogen-bond donors (Lipinski definition) is 3. The number of carbonyl (C=O) groups excluding carboxylic acids is 3. The largest absolute Gasteiger partial charge is 0.495 e. The number of carbonyl (C=O) groups is 3. The average Bonchev–Trinajstić information content (AvgIpc) is 3.00. The maximum atomic E-state index is 13.4. The van der Waals surface area contributed by atoms with Gasteiger partial charge in [-0.3, -0.25) is 14.4 Å². The fourth-order valence-electron chi connectivity index (χ4n) is 4.00. The fourth-order valence-corrected chi connectivity index (χ4v) is 5.21. The monoisotopic (exact) mass is 599 g/mol. The molecule has 3 N–H and O–H groups in total. The maximum Gasteiger partial charge on any atom is 0.272 e. The molecule has 0 spiro atoms. The minimum atomic E-state index is -0.512. The highest BCUT2D eigenvalue weighted by Gasteiger charge is 2.20. The number of para-hydroxylation sites is 2. The quantitative estimate of drug-likeness (QED) is 0.124. The minimum Gasteiger partial charge on any atom is -0.495 e. The third-order valence-electron chi connectivity index (χ3n) is 6.09. The molecule has 7 nitrogen and oxygen atoms in total. The standard InChI is InChI=1S/C33H30ClN3O4S/c1-3-30(33(40)36-27-17-7-8-18-29(27)41-2)42-26-16-10-15-25(21-26)35-32(39)28(20-22-11-9-14-24(34)19-22)37-31(38)23-12-5-4-6-13-23/h4-21,30H,3H2,1-2H3,(H,35,39)(H,36,40)(H,37,38)/b28-20-. The molecule has 0 fully saturated rings. The van der Waals surface area contributed by atoms with Crippen molar-refractivity contribution in [3.8, 4) is 5.75 Å². The first kappa shape index (κ1) is 30.4. The van der Waals surface area contributed by atoms with Gasteiger partial charge in [-0.2, -0.15) is 0 Å². The summed E-state index contributed by atoms with van der Waals surface area (Å²) in [6, 6.07) is 30.0. The lowest BCUT2D eigenvalue weighted by molar-refractivity contribution is -0.116. The Hall–Kier alpha value is -4.53. The highest BCUT2D eigenvalue weighted by molar-refractivity contribution is 8.00. The van der Waals surface area contributed by atoms with Crippen LogP contribution < -0.4 is 20.7 Å². The number of ether oxygens (including phenoxy) is 1. The van der Waals surface area contributed by atoms with Gasteiger partial charge in [0.15, 0.2) is 0 Å². The van der Waals surface area contributed by atoms with Gasteiger partial charge in [-0.05, 0) is 72.7 Å². The van der Waals surface area contributed by atoms with Crippen LogP contribution in [0.25, 0.3) is 6.08 Å². The van der Waals surface area contributed by atoms with Gasteiger partial charge in [-0.25, -0.2) is 0 Å². The molecule has 4 aromatic rings. The summed E-state index contributed by atoms with van der Waals surface area (Å²) in [7, 11) is 1.56. The summed E-state index contributed by atoms with van der Waals surface area (Å²) in [5.41, 5.74) is 2.22. The van der Waals surface area contributed by atoms with Gasteiger partial charge < -0.3 is 20.7 Å². The number of methoxy groups -OCH3 is 1. The second-order valence-electron chi connectivity index (χ2n) is 9.12. The van der Waals surface area contributed by atoms with Crippen molar-refractivity contribution in [1.82, 2.24) is 5.32 Å². The van der Waals surface area contributed by atoms with Gasteiger partial charge in [-0.15, -0.1) is 11.8 Å². The van der Waals surface area contributed by atoms with Crippen LogP contribution in [0.2, 0.25) is 5.02 Å². The van der Waals surface area contributed by atoms with E-state index in [1.165, 1.54) is 11.8 Å². The van der Waals surface area contributed by atoms with Crippen molar-refractivity contribution in [3.63, 3.8) is 0 Å². The summed E-state index contributed by atoms with van der Waals surface area (Å²) >= 11 is 7.53. The molecular weight excluding hydrogens is 570 g/mol. The van der Waals surface area contributed by atoms with Crippen molar-refractivity contribution < 1.29 is 19.1 Å². The smallest absolute Gasteiger partial charge is 0.272 e. The van der Waals surface area contributed by atoms with E-state index in [9.17, 15) is 14.4 Å². The molecule has 4 rings (SSSR count). The van der Waals surface area contributed by atoms with Crippen LogP contribution in [0.1, 0.15) is 29.3 Å². The summed E-state index contributed by atoms with van der Waals surface area (Å²) in [6.45, 7) is 1.94. The van der Waals surface area contributed by atoms with Crippen LogP contribution in [0.3, 0.4) is 0 Å². The molecule has 9 heteroatoms. The zero-order chi connectivity index (χ0) is 29.9. The molecule has 214 valence electrons. The first-order valence-electron chi connectivity index (χ1n) is 13.2. The number of anilines is 2. The summed E-state index contributed by atoms with van der Waals surface area (Å²) in [6.07, 6.45) is 2.15. The van der Waals surface area contributed by atoms with Crippen LogP contribution in [0.15, 0.2) is 114 Å². The molecular formula is C33H30ClN3O4S. The van der Waals surface area contributed by atoms with Gasteiger partial charge >= 0.3 is 0 Å². The van der Waals surface area contributed by atoms with E-state index in [0.717, 1.165) is 4.90 Å². The van der Waals surface area contributed by atoms with Gasteiger partial charge in [0.1, 0.15) is 11.4 Å². The van der Waals surface area contributed by atoms with E-state index in [1.54, 1.807) is 92.0 Å². The minimum absolute atomic E-state index is 0.0480. The Kier molecular flexibility index (Phi) is 10.8. The first-order valence-corrected chi connectivity index (χ1v) is 14.5. The van der Waals surface area contributed by atoms with E-state index in [4.69, 9.17) is 16.3 Å². The second kappa shape index (κ2) is 14.9. The summed E-state index contributed by atoms with van der Waals surface area (Å²) in [4.78, 5) is 40.2. The number of rotatable bonds is 11. The zero-order valence-electron chi connectivity index (χ0n) is 23.1. The molecule has 42 heavy (non-hydrogen) atoms. The number of thioether (sulfide) groups is 1. The topological polar surface area (TPSA) is 96.5 Å². The van der Waals surface area contributed by atoms with E-state index in [2.05, 4.69) is 16.0 Å². The Morgan fingerprint density at radius 3 is 2.36 bits per heavy atom. The van der Waals surface area contributed by atoms with Crippen LogP contribution in [0.5, 0.6) is 5.75 Å². The maximum absolute atomic E-state index is 13.4. The molecule has 3 amide bonds. The Morgan fingerprint density at radius 2 is 1.62 bits per heavy atom. The molecule has 0 aliphatic rings. The average molecular weight is 600 g/mol. The lowest BCUT2D eigenvalue weighted by Crippen LogP contribution is -2.30. The van der Waals surface area contributed by atoms with Crippen LogP contribution >= 0.6 is 23.4 Å². The van der Waals surface area contributed by atoms with Crippen molar-refractivity contribution in [2.75, 3.05) is 17.7 Å². The Balaban J connectivity index is 1.50. The van der Waals surface area contributed by atoms with Gasteiger partial charge in [0, 0.05) is 21.2 Å². The van der Waals surface area contributed by atoms with Crippen LogP contribution in [0, 0.1) is 0 Å². The van der Waals surface area contributed by atoms with E-state index in [1.807, 2.05) is 31.2 Å². The zero-order valence-corrected chi connectivity index (χ0v) is 24.7. The van der Waals surface area contributed by atoms with Crippen molar-refractivity contribution in [1.29, 1.82) is 0 Å². The third kappa shape index (κ3) is 8.49. The van der Waals surface area contributed by atoms with Crippen molar-refractivity contribution in [2.24, 2.45) is 0 Å². The molecule has 1 unspecified atom stereocenters. The number of amides is 3. The SMILES string of the molecule is CCC(Sc1cccc(NC(=O)/C(=C/c2cccc(Cl)c2)NC(=O)c2ccccc2)c1)C(=O)Nc1ccccc1OC. The molecule has 4 aromatic carbocycles. The van der Waals surface area contributed by atoms with Gasteiger partial charge in [-0.1, -0.05) is 67.1 Å². The molecule has 0 aliphatic heterocycles. The normalized spacial score (nSPS) is 11.7. The first-order chi connectivity index (χ1) is 20.4. The summed E-state index contributed by atoms with van der Waals surface area (Å²) in [5, 5.41) is 8.65. The molecule has 1 atom stereocenters. The predicted molar refractivity (Wildman–Crippen MR) is 170 cm³/mol. The molecule has 0 saturated carbocycles. The Morgan fingerprint density at radius 1 is 0.881 bits per heavy atom.